The molecular weight excluding hydrogens is 248 g/mol. The quantitative estimate of drug-likeness (QED) is 0.723. The van der Waals surface area contributed by atoms with E-state index in [0.29, 0.717) is 19.6 Å². The molecule has 1 atom stereocenters. The molecule has 0 aromatic rings. The maximum atomic E-state index is 11.3. The second kappa shape index (κ2) is 3.77. The maximum Gasteiger partial charge on any atom is 0.157 e. The molecule has 0 aromatic heterocycles. The number of hydrogen-bond acceptors (Lipinski definition) is 3. The van der Waals surface area contributed by atoms with Gasteiger partial charge in [0.25, 0.3) is 0 Å². The Labute approximate surface area is 90.9 Å². The van der Waals surface area contributed by atoms with Crippen LogP contribution in [0.25, 0.3) is 0 Å². The van der Waals surface area contributed by atoms with Gasteiger partial charge >= 0.3 is 0 Å². The van der Waals surface area contributed by atoms with Crippen molar-refractivity contribution in [3.05, 3.63) is 22.1 Å². The lowest BCUT2D eigenvalue weighted by molar-refractivity contribution is -0.119. The molecule has 76 valence electrons. The predicted octanol–water partition coefficient (Wildman–Crippen LogP) is 2.13. The maximum absolute atomic E-state index is 11.3. The topological polar surface area (TPSA) is 35.5 Å². The Bertz CT molecular complexity index is 330. The number of carbonyl (C=O) groups is 1. The number of rotatable bonds is 1. The zero-order valence-corrected chi connectivity index (χ0v) is 9.46. The van der Waals surface area contributed by atoms with Crippen LogP contribution in [0.1, 0.15) is 13.3 Å². The fourth-order valence-corrected chi connectivity index (χ4v) is 2.29. The van der Waals surface area contributed by atoms with Crippen molar-refractivity contribution >= 4 is 21.7 Å². The van der Waals surface area contributed by atoms with Gasteiger partial charge in [0.15, 0.2) is 5.76 Å². The number of ether oxygens (including phenoxy) is 2. The number of hydrogen-bond donors (Lipinski definition) is 0. The lowest BCUT2D eigenvalue weighted by Gasteiger charge is -2.27. The van der Waals surface area contributed by atoms with Gasteiger partial charge < -0.3 is 9.47 Å². The third-order valence-electron chi connectivity index (χ3n) is 2.37. The third-order valence-corrected chi connectivity index (χ3v) is 3.16. The van der Waals surface area contributed by atoms with E-state index in [0.717, 1.165) is 16.0 Å². The van der Waals surface area contributed by atoms with Crippen molar-refractivity contribution in [2.45, 2.75) is 13.3 Å². The summed E-state index contributed by atoms with van der Waals surface area (Å²) in [5.74, 6) is 1.62. The van der Waals surface area contributed by atoms with E-state index in [1.165, 1.54) is 0 Å². The van der Waals surface area contributed by atoms with E-state index < -0.39 is 0 Å². The molecular formula is C10H11BrO3. The lowest BCUT2D eigenvalue weighted by atomic mass is 9.94. The van der Waals surface area contributed by atoms with Crippen LogP contribution in [0.3, 0.4) is 0 Å². The summed E-state index contributed by atoms with van der Waals surface area (Å²) in [7, 11) is 0. The highest BCUT2D eigenvalue weighted by atomic mass is 79.9. The zero-order chi connectivity index (χ0) is 10.1. The van der Waals surface area contributed by atoms with Crippen LogP contribution in [0.15, 0.2) is 22.1 Å². The average Bonchev–Trinajstić information content (AvgIpc) is 2.16. The first kappa shape index (κ1) is 9.77. The second-order valence-corrected chi connectivity index (χ2v) is 4.30. The molecule has 0 spiro atoms. The number of halogens is 1. The standard InChI is InChI=1S/C10H11BrO3/c1-6(12)7-4-9-10(5-8(7)11)14-3-2-13-9/h5,7H,2-4H2,1H3. The molecule has 0 radical (unpaired) electrons. The molecule has 14 heavy (non-hydrogen) atoms. The number of Topliss-reactive ketones (excluding diaryl/α,β-unsaturated/α-hetero) is 1. The van der Waals surface area contributed by atoms with E-state index in [9.17, 15) is 4.79 Å². The van der Waals surface area contributed by atoms with Crippen molar-refractivity contribution in [2.75, 3.05) is 13.2 Å². The van der Waals surface area contributed by atoms with Gasteiger partial charge in [-0.3, -0.25) is 4.79 Å². The minimum Gasteiger partial charge on any atom is -0.490 e. The van der Waals surface area contributed by atoms with Crippen LogP contribution < -0.4 is 0 Å². The molecule has 4 heteroatoms. The van der Waals surface area contributed by atoms with Crippen molar-refractivity contribution < 1.29 is 14.3 Å². The highest BCUT2D eigenvalue weighted by Gasteiger charge is 2.28. The normalized spacial score (nSPS) is 25.9. The van der Waals surface area contributed by atoms with Crippen molar-refractivity contribution in [1.82, 2.24) is 0 Å². The molecule has 1 heterocycles. The monoisotopic (exact) mass is 258 g/mol. The fraction of sp³-hybridized carbons (Fsp3) is 0.500. The highest BCUT2D eigenvalue weighted by molar-refractivity contribution is 9.11. The minimum absolute atomic E-state index is 0.101. The average molecular weight is 259 g/mol. The summed E-state index contributed by atoms with van der Waals surface area (Å²) < 4.78 is 11.7. The van der Waals surface area contributed by atoms with E-state index in [2.05, 4.69) is 15.9 Å². The van der Waals surface area contributed by atoms with Gasteiger partial charge in [0.1, 0.15) is 24.8 Å². The molecule has 0 amide bonds. The zero-order valence-electron chi connectivity index (χ0n) is 7.88. The summed E-state index contributed by atoms with van der Waals surface area (Å²) in [5.41, 5.74) is 0. The van der Waals surface area contributed by atoms with Gasteiger partial charge in [-0.1, -0.05) is 15.9 Å². The largest absolute Gasteiger partial charge is 0.490 e. The molecule has 0 fully saturated rings. The molecule has 0 saturated carbocycles. The van der Waals surface area contributed by atoms with Gasteiger partial charge in [-0.15, -0.1) is 0 Å². The van der Waals surface area contributed by atoms with Gasteiger partial charge in [-0.05, 0) is 13.0 Å². The van der Waals surface area contributed by atoms with Crippen LogP contribution in [-0.2, 0) is 14.3 Å². The Morgan fingerprint density at radius 1 is 1.50 bits per heavy atom. The summed E-state index contributed by atoms with van der Waals surface area (Å²) in [6.45, 7) is 2.75. The number of ketones is 1. The van der Waals surface area contributed by atoms with Crippen molar-refractivity contribution in [3.8, 4) is 0 Å². The Morgan fingerprint density at radius 2 is 2.21 bits per heavy atom. The van der Waals surface area contributed by atoms with E-state index in [-0.39, 0.29) is 11.7 Å². The Balaban J connectivity index is 2.26. The highest BCUT2D eigenvalue weighted by Crippen LogP contribution is 2.35. The molecule has 0 N–H and O–H groups in total. The van der Waals surface area contributed by atoms with E-state index in [1.54, 1.807) is 6.92 Å². The molecule has 1 unspecified atom stereocenters. The summed E-state index contributed by atoms with van der Waals surface area (Å²) in [6.07, 6.45) is 2.45. The van der Waals surface area contributed by atoms with Crippen molar-refractivity contribution in [2.24, 2.45) is 5.92 Å². The minimum atomic E-state index is -0.101. The van der Waals surface area contributed by atoms with Crippen LogP contribution in [0.4, 0.5) is 0 Å². The summed E-state index contributed by atoms with van der Waals surface area (Å²) in [6, 6.07) is 0. The van der Waals surface area contributed by atoms with E-state index in [4.69, 9.17) is 9.47 Å². The molecule has 2 rings (SSSR count). The van der Waals surface area contributed by atoms with Gasteiger partial charge in [-0.25, -0.2) is 0 Å². The summed E-state index contributed by atoms with van der Waals surface area (Å²) in [5, 5.41) is 0. The SMILES string of the molecule is CC(=O)C1CC2=C(C=C1Br)OCCO2. The van der Waals surface area contributed by atoms with Crippen LogP contribution in [0.2, 0.25) is 0 Å². The third kappa shape index (κ3) is 1.71. The number of carbonyl (C=O) groups excluding carboxylic acids is 1. The lowest BCUT2D eigenvalue weighted by Crippen LogP contribution is -2.22. The molecule has 3 nitrogen and oxygen atoms in total. The smallest absolute Gasteiger partial charge is 0.157 e. The molecule has 0 aromatic carbocycles. The molecule has 0 bridgehead atoms. The van der Waals surface area contributed by atoms with Crippen molar-refractivity contribution in [1.29, 1.82) is 0 Å². The molecule has 1 aliphatic carbocycles. The van der Waals surface area contributed by atoms with Crippen LogP contribution in [0.5, 0.6) is 0 Å². The Kier molecular flexibility index (Phi) is 2.63. The first-order chi connectivity index (χ1) is 6.68. The molecule has 2 aliphatic rings. The second-order valence-electron chi connectivity index (χ2n) is 3.38. The van der Waals surface area contributed by atoms with Crippen LogP contribution in [-0.4, -0.2) is 19.0 Å². The van der Waals surface area contributed by atoms with Gasteiger partial charge in [0.05, 0.1) is 5.92 Å². The van der Waals surface area contributed by atoms with E-state index in [1.807, 2.05) is 6.08 Å². The van der Waals surface area contributed by atoms with Crippen LogP contribution >= 0.6 is 15.9 Å². The van der Waals surface area contributed by atoms with Gasteiger partial charge in [0.2, 0.25) is 0 Å². The first-order valence-electron chi connectivity index (χ1n) is 4.55. The predicted molar refractivity (Wildman–Crippen MR) is 54.7 cm³/mol. The Morgan fingerprint density at radius 3 is 2.93 bits per heavy atom. The van der Waals surface area contributed by atoms with Gasteiger partial charge in [-0.2, -0.15) is 0 Å². The Hall–Kier alpha value is -0.770. The summed E-state index contributed by atoms with van der Waals surface area (Å²) >= 11 is 3.39. The number of allylic oxidation sites excluding steroid dienone is 3. The fourth-order valence-electron chi connectivity index (χ4n) is 1.60. The molecule has 0 saturated heterocycles. The first-order valence-corrected chi connectivity index (χ1v) is 5.34. The van der Waals surface area contributed by atoms with Gasteiger partial charge in [0, 0.05) is 10.9 Å². The van der Waals surface area contributed by atoms with Crippen molar-refractivity contribution in [3.63, 3.8) is 0 Å². The summed E-state index contributed by atoms with van der Waals surface area (Å²) in [4.78, 5) is 11.3. The molecule has 1 aliphatic heterocycles. The van der Waals surface area contributed by atoms with E-state index >= 15 is 0 Å². The van der Waals surface area contributed by atoms with Crippen LogP contribution in [0, 0.1) is 5.92 Å².